The molecule has 0 aliphatic heterocycles. The van der Waals surface area contributed by atoms with Crippen LogP contribution in [0.1, 0.15) is 32.6 Å². The first-order valence-electron chi connectivity index (χ1n) is 8.68. The van der Waals surface area contributed by atoms with E-state index in [9.17, 15) is 14.4 Å². The van der Waals surface area contributed by atoms with Crippen LogP contribution in [0.15, 0.2) is 24.3 Å². The van der Waals surface area contributed by atoms with Crippen LogP contribution in [0, 0.1) is 0 Å². The first-order chi connectivity index (χ1) is 12.6. The quantitative estimate of drug-likeness (QED) is 0.682. The SMILES string of the molecule is CCOc1ccc(OCC(=O)OCC(=O)NC(=O)NC2CCCC2)cc1. The summed E-state index contributed by atoms with van der Waals surface area (Å²) in [6.07, 6.45) is 3.98. The number of rotatable bonds is 8. The highest BCUT2D eigenvalue weighted by molar-refractivity contribution is 5.95. The summed E-state index contributed by atoms with van der Waals surface area (Å²) >= 11 is 0. The number of imide groups is 1. The van der Waals surface area contributed by atoms with E-state index in [-0.39, 0.29) is 12.6 Å². The molecule has 26 heavy (non-hydrogen) atoms. The van der Waals surface area contributed by atoms with E-state index in [1.807, 2.05) is 6.92 Å². The third-order valence-corrected chi connectivity index (χ3v) is 3.80. The third kappa shape index (κ3) is 7.00. The van der Waals surface area contributed by atoms with Gasteiger partial charge < -0.3 is 19.5 Å². The molecule has 1 saturated carbocycles. The Morgan fingerprint density at radius 2 is 1.62 bits per heavy atom. The number of benzene rings is 1. The lowest BCUT2D eigenvalue weighted by molar-refractivity contribution is -0.150. The Balaban J connectivity index is 1.61. The van der Waals surface area contributed by atoms with E-state index in [1.165, 1.54) is 0 Å². The molecule has 0 saturated heterocycles. The van der Waals surface area contributed by atoms with Crippen LogP contribution < -0.4 is 20.1 Å². The van der Waals surface area contributed by atoms with Gasteiger partial charge in [0.05, 0.1) is 6.61 Å². The molecule has 0 atom stereocenters. The Kier molecular flexibility index (Phi) is 7.73. The van der Waals surface area contributed by atoms with Gasteiger partial charge in [0, 0.05) is 6.04 Å². The van der Waals surface area contributed by atoms with Gasteiger partial charge in [-0.05, 0) is 44.0 Å². The normalized spacial score (nSPS) is 13.7. The number of ether oxygens (including phenoxy) is 3. The summed E-state index contributed by atoms with van der Waals surface area (Å²) in [5, 5.41) is 4.84. The summed E-state index contributed by atoms with van der Waals surface area (Å²) < 4.78 is 15.3. The Hall–Kier alpha value is -2.77. The predicted molar refractivity (Wildman–Crippen MR) is 93.0 cm³/mol. The summed E-state index contributed by atoms with van der Waals surface area (Å²) in [5.41, 5.74) is 0. The van der Waals surface area contributed by atoms with E-state index in [2.05, 4.69) is 10.6 Å². The highest BCUT2D eigenvalue weighted by Gasteiger charge is 2.18. The number of hydrogen-bond acceptors (Lipinski definition) is 6. The molecule has 0 spiro atoms. The second-order valence-corrected chi connectivity index (χ2v) is 5.86. The Bertz CT molecular complexity index is 611. The van der Waals surface area contributed by atoms with Gasteiger partial charge >= 0.3 is 12.0 Å². The zero-order chi connectivity index (χ0) is 18.8. The molecule has 8 heteroatoms. The fraction of sp³-hybridized carbons (Fsp3) is 0.500. The molecule has 1 aliphatic carbocycles. The topological polar surface area (TPSA) is 103 Å². The van der Waals surface area contributed by atoms with E-state index in [4.69, 9.17) is 14.2 Å². The minimum absolute atomic E-state index is 0.105. The Morgan fingerprint density at radius 1 is 1.00 bits per heavy atom. The van der Waals surface area contributed by atoms with Gasteiger partial charge in [-0.25, -0.2) is 9.59 Å². The van der Waals surface area contributed by atoms with Crippen LogP contribution in [-0.2, 0) is 14.3 Å². The molecule has 2 N–H and O–H groups in total. The number of urea groups is 1. The van der Waals surface area contributed by atoms with Crippen molar-refractivity contribution in [2.24, 2.45) is 0 Å². The molecule has 1 aromatic rings. The van der Waals surface area contributed by atoms with Gasteiger partial charge in [-0.2, -0.15) is 0 Å². The van der Waals surface area contributed by atoms with Gasteiger partial charge in [0.25, 0.3) is 5.91 Å². The second kappa shape index (κ2) is 10.3. The molecule has 142 valence electrons. The van der Waals surface area contributed by atoms with Crippen molar-refractivity contribution < 1.29 is 28.6 Å². The molecule has 1 fully saturated rings. The van der Waals surface area contributed by atoms with Gasteiger partial charge in [0.1, 0.15) is 11.5 Å². The van der Waals surface area contributed by atoms with Crippen molar-refractivity contribution in [3.63, 3.8) is 0 Å². The summed E-state index contributed by atoms with van der Waals surface area (Å²) in [4.78, 5) is 34.8. The molecule has 2 rings (SSSR count). The van der Waals surface area contributed by atoms with E-state index in [0.717, 1.165) is 25.7 Å². The molecule has 0 radical (unpaired) electrons. The number of amides is 3. The fourth-order valence-electron chi connectivity index (χ4n) is 2.58. The van der Waals surface area contributed by atoms with Gasteiger partial charge in [-0.15, -0.1) is 0 Å². The molecule has 0 heterocycles. The molecule has 0 aromatic heterocycles. The second-order valence-electron chi connectivity index (χ2n) is 5.86. The molecule has 0 bridgehead atoms. The van der Waals surface area contributed by atoms with Crippen molar-refractivity contribution in [2.45, 2.75) is 38.6 Å². The van der Waals surface area contributed by atoms with Crippen LogP contribution in [0.25, 0.3) is 0 Å². The summed E-state index contributed by atoms with van der Waals surface area (Å²) in [6.45, 7) is 1.57. The monoisotopic (exact) mass is 364 g/mol. The first kappa shape index (κ1) is 19.6. The fourth-order valence-corrected chi connectivity index (χ4v) is 2.58. The van der Waals surface area contributed by atoms with Crippen molar-refractivity contribution in [3.05, 3.63) is 24.3 Å². The van der Waals surface area contributed by atoms with E-state index >= 15 is 0 Å². The summed E-state index contributed by atoms with van der Waals surface area (Å²) in [7, 11) is 0. The summed E-state index contributed by atoms with van der Waals surface area (Å²) in [6, 6.07) is 6.31. The molecular formula is C18H24N2O6. The molecule has 3 amide bonds. The number of nitrogens with one attached hydrogen (secondary N) is 2. The van der Waals surface area contributed by atoms with Gasteiger partial charge in [-0.3, -0.25) is 10.1 Å². The standard InChI is InChI=1S/C18H24N2O6/c1-2-24-14-7-9-15(10-8-14)25-12-17(22)26-11-16(21)20-18(23)19-13-5-3-4-6-13/h7-10,13H,2-6,11-12H2,1H3,(H2,19,20,21,23). The predicted octanol–water partition coefficient (Wildman–Crippen LogP) is 1.78. The van der Waals surface area contributed by atoms with Crippen molar-refractivity contribution in [1.29, 1.82) is 0 Å². The molecule has 8 nitrogen and oxygen atoms in total. The van der Waals surface area contributed by atoms with E-state index in [0.29, 0.717) is 18.1 Å². The maximum absolute atomic E-state index is 11.6. The zero-order valence-corrected chi connectivity index (χ0v) is 14.8. The summed E-state index contributed by atoms with van der Waals surface area (Å²) in [5.74, 6) is -0.207. The molecule has 1 aromatic carbocycles. The van der Waals surface area contributed by atoms with Crippen molar-refractivity contribution in [2.75, 3.05) is 19.8 Å². The van der Waals surface area contributed by atoms with Gasteiger partial charge in [-0.1, -0.05) is 12.8 Å². The van der Waals surface area contributed by atoms with Crippen molar-refractivity contribution in [1.82, 2.24) is 10.6 Å². The lowest BCUT2D eigenvalue weighted by atomic mass is 10.2. The van der Waals surface area contributed by atoms with Crippen LogP contribution in [0.5, 0.6) is 11.5 Å². The van der Waals surface area contributed by atoms with Gasteiger partial charge in [0.15, 0.2) is 13.2 Å². The highest BCUT2D eigenvalue weighted by Crippen LogP contribution is 2.18. The van der Waals surface area contributed by atoms with Crippen LogP contribution in [0.3, 0.4) is 0 Å². The molecule has 0 unspecified atom stereocenters. The highest BCUT2D eigenvalue weighted by atomic mass is 16.6. The van der Waals surface area contributed by atoms with Crippen LogP contribution in [0.2, 0.25) is 0 Å². The zero-order valence-electron chi connectivity index (χ0n) is 14.8. The number of esters is 1. The first-order valence-corrected chi connectivity index (χ1v) is 8.68. The average Bonchev–Trinajstić information content (AvgIpc) is 3.12. The van der Waals surface area contributed by atoms with Crippen molar-refractivity contribution in [3.8, 4) is 11.5 Å². The van der Waals surface area contributed by atoms with Crippen LogP contribution in [0.4, 0.5) is 4.79 Å². The van der Waals surface area contributed by atoms with E-state index < -0.39 is 24.5 Å². The third-order valence-electron chi connectivity index (χ3n) is 3.80. The maximum atomic E-state index is 11.6. The largest absolute Gasteiger partial charge is 0.494 e. The smallest absolute Gasteiger partial charge is 0.344 e. The maximum Gasteiger partial charge on any atom is 0.344 e. The minimum Gasteiger partial charge on any atom is -0.494 e. The van der Waals surface area contributed by atoms with Crippen LogP contribution in [-0.4, -0.2) is 43.8 Å². The molecule has 1 aliphatic rings. The van der Waals surface area contributed by atoms with Gasteiger partial charge in [0.2, 0.25) is 0 Å². The Labute approximate surface area is 152 Å². The number of hydrogen-bond donors (Lipinski definition) is 2. The number of carbonyl (C=O) groups is 3. The minimum atomic E-state index is -0.703. The van der Waals surface area contributed by atoms with Crippen molar-refractivity contribution >= 4 is 17.9 Å². The lowest BCUT2D eigenvalue weighted by Gasteiger charge is -2.12. The molecular weight excluding hydrogens is 340 g/mol. The van der Waals surface area contributed by atoms with E-state index in [1.54, 1.807) is 24.3 Å². The van der Waals surface area contributed by atoms with Crippen LogP contribution >= 0.6 is 0 Å². The average molecular weight is 364 g/mol. The lowest BCUT2D eigenvalue weighted by Crippen LogP contribution is -2.45. The number of carbonyl (C=O) groups excluding carboxylic acids is 3. The Morgan fingerprint density at radius 3 is 2.23 bits per heavy atom.